The van der Waals surface area contributed by atoms with Gasteiger partial charge in [-0.05, 0) is 48.2 Å². The van der Waals surface area contributed by atoms with Gasteiger partial charge in [-0.25, -0.2) is 8.42 Å². The Morgan fingerprint density at radius 3 is 2.37 bits per heavy atom. The summed E-state index contributed by atoms with van der Waals surface area (Å²) in [5, 5.41) is 2.19. The van der Waals surface area contributed by atoms with E-state index >= 15 is 0 Å². The van der Waals surface area contributed by atoms with Gasteiger partial charge < -0.3 is 4.74 Å². The zero-order valence-corrected chi connectivity index (χ0v) is 17.8. The molecule has 1 fully saturated rings. The molecule has 1 aliphatic heterocycles. The number of esters is 1. The molecule has 0 amide bonds. The van der Waals surface area contributed by atoms with Gasteiger partial charge in [0.05, 0.1) is 10.8 Å². The minimum absolute atomic E-state index is 0.224. The van der Waals surface area contributed by atoms with Crippen LogP contribution >= 0.6 is 0 Å². The fourth-order valence-electron chi connectivity index (χ4n) is 3.88. The van der Waals surface area contributed by atoms with Crippen LogP contribution in [0.1, 0.15) is 24.0 Å². The molecule has 0 aliphatic carbocycles. The Kier molecular flexibility index (Phi) is 5.88. The second-order valence-corrected chi connectivity index (χ2v) is 9.68. The Balaban J connectivity index is 1.36. The summed E-state index contributed by atoms with van der Waals surface area (Å²) in [6.07, 6.45) is 0.943. The third-order valence-electron chi connectivity index (χ3n) is 5.70. The summed E-state index contributed by atoms with van der Waals surface area (Å²) in [7, 11) is -3.53. The number of fused-ring (bicyclic) bond motifs is 1. The van der Waals surface area contributed by atoms with E-state index in [1.54, 1.807) is 24.3 Å². The van der Waals surface area contributed by atoms with Gasteiger partial charge in [-0.3, -0.25) is 4.79 Å². The summed E-state index contributed by atoms with van der Waals surface area (Å²) in [5.41, 5.74) is 1.99. The first-order chi connectivity index (χ1) is 14.4. The van der Waals surface area contributed by atoms with E-state index < -0.39 is 10.0 Å². The van der Waals surface area contributed by atoms with E-state index in [2.05, 4.69) is 0 Å². The van der Waals surface area contributed by atoms with E-state index in [-0.39, 0.29) is 18.5 Å². The van der Waals surface area contributed by atoms with E-state index in [4.69, 9.17) is 4.74 Å². The molecule has 0 unspecified atom stereocenters. The topological polar surface area (TPSA) is 63.7 Å². The summed E-state index contributed by atoms with van der Waals surface area (Å²) in [6.45, 7) is 2.79. The Hall–Kier alpha value is -2.70. The molecule has 0 atom stereocenters. The number of hydrogen-bond donors (Lipinski definition) is 0. The average molecular weight is 424 g/mol. The van der Waals surface area contributed by atoms with Crippen LogP contribution in [-0.4, -0.2) is 31.8 Å². The smallest absolute Gasteiger partial charge is 0.309 e. The summed E-state index contributed by atoms with van der Waals surface area (Å²) in [6, 6.07) is 20.8. The van der Waals surface area contributed by atoms with Crippen molar-refractivity contribution < 1.29 is 17.9 Å². The summed E-state index contributed by atoms with van der Waals surface area (Å²) in [5.74, 6) is -0.528. The van der Waals surface area contributed by atoms with Crippen molar-refractivity contribution in [2.45, 2.75) is 31.3 Å². The van der Waals surface area contributed by atoms with Crippen molar-refractivity contribution in [3.05, 3.63) is 77.9 Å². The molecule has 0 bridgehead atoms. The Bertz CT molecular complexity index is 1140. The van der Waals surface area contributed by atoms with Gasteiger partial charge in [-0.1, -0.05) is 60.2 Å². The molecule has 1 saturated heterocycles. The normalized spacial score (nSPS) is 15.9. The molecule has 3 aromatic carbocycles. The quantitative estimate of drug-likeness (QED) is 0.574. The van der Waals surface area contributed by atoms with Crippen LogP contribution in [0.4, 0.5) is 0 Å². The van der Waals surface area contributed by atoms with Crippen molar-refractivity contribution >= 4 is 26.8 Å². The second-order valence-electron chi connectivity index (χ2n) is 7.74. The maximum atomic E-state index is 12.8. The van der Waals surface area contributed by atoms with Gasteiger partial charge in [0.25, 0.3) is 0 Å². The molecule has 0 radical (unpaired) electrons. The number of carbonyl (C=O) groups is 1. The highest BCUT2D eigenvalue weighted by Crippen LogP contribution is 2.26. The molecule has 0 spiro atoms. The predicted octanol–water partition coefficient (Wildman–Crippen LogP) is 4.29. The van der Waals surface area contributed by atoms with Crippen molar-refractivity contribution in [3.8, 4) is 0 Å². The van der Waals surface area contributed by atoms with Gasteiger partial charge in [0.1, 0.15) is 6.61 Å². The molecule has 0 N–H and O–H groups in total. The molecule has 0 saturated carbocycles. The van der Waals surface area contributed by atoms with Gasteiger partial charge in [0.15, 0.2) is 0 Å². The Morgan fingerprint density at radius 1 is 0.967 bits per heavy atom. The number of hydrogen-bond acceptors (Lipinski definition) is 4. The highest BCUT2D eigenvalue weighted by molar-refractivity contribution is 7.89. The fraction of sp³-hybridized carbons (Fsp3) is 0.292. The van der Waals surface area contributed by atoms with E-state index in [1.807, 2.05) is 49.4 Å². The lowest BCUT2D eigenvalue weighted by molar-refractivity contribution is -0.151. The number of piperidine rings is 1. The van der Waals surface area contributed by atoms with Crippen molar-refractivity contribution in [3.63, 3.8) is 0 Å². The first kappa shape index (κ1) is 20.6. The third kappa shape index (κ3) is 4.25. The van der Waals surface area contributed by atoms with Crippen LogP contribution in [0.15, 0.2) is 71.6 Å². The molecule has 4 rings (SSSR count). The summed E-state index contributed by atoms with van der Waals surface area (Å²) >= 11 is 0. The molecule has 5 nitrogen and oxygen atoms in total. The van der Waals surface area contributed by atoms with Crippen molar-refractivity contribution in [2.24, 2.45) is 5.92 Å². The first-order valence-corrected chi connectivity index (χ1v) is 11.6. The summed E-state index contributed by atoms with van der Waals surface area (Å²) in [4.78, 5) is 12.9. The molecule has 0 aromatic heterocycles. The maximum absolute atomic E-state index is 12.8. The number of aryl methyl sites for hydroxylation is 1. The van der Waals surface area contributed by atoms with E-state index in [9.17, 15) is 13.2 Å². The second kappa shape index (κ2) is 8.58. The highest BCUT2D eigenvalue weighted by Gasteiger charge is 2.32. The van der Waals surface area contributed by atoms with E-state index in [0.717, 1.165) is 21.9 Å². The van der Waals surface area contributed by atoms with Crippen LogP contribution in [0, 0.1) is 12.8 Å². The molecule has 1 heterocycles. The van der Waals surface area contributed by atoms with Gasteiger partial charge in [-0.2, -0.15) is 4.31 Å². The van der Waals surface area contributed by atoms with Crippen molar-refractivity contribution in [1.82, 2.24) is 4.31 Å². The SMILES string of the molecule is Cc1ccc(S(=O)(=O)N2CCC(C(=O)OCc3cccc4ccccc34)CC2)cc1. The predicted molar refractivity (Wildman–Crippen MR) is 116 cm³/mol. The fourth-order valence-corrected chi connectivity index (χ4v) is 5.35. The molecule has 6 heteroatoms. The van der Waals surface area contributed by atoms with Gasteiger partial charge >= 0.3 is 5.97 Å². The molecular formula is C24H25NO4S. The van der Waals surface area contributed by atoms with Crippen molar-refractivity contribution in [2.75, 3.05) is 13.1 Å². The minimum Gasteiger partial charge on any atom is -0.461 e. The van der Waals surface area contributed by atoms with Crippen LogP contribution in [-0.2, 0) is 26.2 Å². The van der Waals surface area contributed by atoms with E-state index in [0.29, 0.717) is 30.8 Å². The largest absolute Gasteiger partial charge is 0.461 e. The Morgan fingerprint density at radius 2 is 1.63 bits per heavy atom. The van der Waals surface area contributed by atoms with Gasteiger partial charge in [-0.15, -0.1) is 0 Å². The molecular weight excluding hydrogens is 398 g/mol. The van der Waals surface area contributed by atoms with Crippen LogP contribution in [0.5, 0.6) is 0 Å². The molecule has 3 aromatic rings. The van der Waals surface area contributed by atoms with Gasteiger partial charge in [0.2, 0.25) is 10.0 Å². The zero-order chi connectivity index (χ0) is 21.1. The highest BCUT2D eigenvalue weighted by atomic mass is 32.2. The number of sulfonamides is 1. The standard InChI is InChI=1S/C24H25NO4S/c1-18-9-11-22(12-10-18)30(27,28)25-15-13-20(14-16-25)24(26)29-17-21-7-4-6-19-5-2-3-8-23(19)21/h2-12,20H,13-17H2,1H3. The monoisotopic (exact) mass is 423 g/mol. The molecule has 156 valence electrons. The maximum Gasteiger partial charge on any atom is 0.309 e. The van der Waals surface area contributed by atoms with Crippen LogP contribution in [0.3, 0.4) is 0 Å². The third-order valence-corrected chi connectivity index (χ3v) is 7.61. The molecule has 30 heavy (non-hydrogen) atoms. The van der Waals surface area contributed by atoms with E-state index in [1.165, 1.54) is 4.31 Å². The van der Waals surface area contributed by atoms with Crippen LogP contribution in [0.2, 0.25) is 0 Å². The Labute approximate surface area is 177 Å². The van der Waals surface area contributed by atoms with Crippen LogP contribution in [0.25, 0.3) is 10.8 Å². The first-order valence-electron chi connectivity index (χ1n) is 10.2. The van der Waals surface area contributed by atoms with Crippen molar-refractivity contribution in [1.29, 1.82) is 0 Å². The number of benzene rings is 3. The zero-order valence-electron chi connectivity index (χ0n) is 17.0. The minimum atomic E-state index is -3.53. The van der Waals surface area contributed by atoms with Crippen LogP contribution < -0.4 is 0 Å². The average Bonchev–Trinajstić information content (AvgIpc) is 2.78. The lowest BCUT2D eigenvalue weighted by atomic mass is 9.98. The number of rotatable bonds is 5. The summed E-state index contributed by atoms with van der Waals surface area (Å²) < 4.78 is 32.7. The lowest BCUT2D eigenvalue weighted by Gasteiger charge is -2.30. The lowest BCUT2D eigenvalue weighted by Crippen LogP contribution is -2.40. The number of ether oxygens (including phenoxy) is 1. The molecule has 1 aliphatic rings. The van der Waals surface area contributed by atoms with Gasteiger partial charge in [0, 0.05) is 13.1 Å². The number of nitrogens with zero attached hydrogens (tertiary/aromatic N) is 1. The number of carbonyl (C=O) groups excluding carboxylic acids is 1.